The highest BCUT2D eigenvalue weighted by atomic mass is 79.9. The molecule has 2 aromatic carbocycles. The highest BCUT2D eigenvalue weighted by Gasteiger charge is 2.22. The lowest BCUT2D eigenvalue weighted by molar-refractivity contribution is 0.0301. The van der Waals surface area contributed by atoms with Crippen LogP contribution < -0.4 is 24.3 Å². The average Bonchev–Trinajstić information content (AvgIpc) is 2.90. The Bertz CT molecular complexity index is 1180. The van der Waals surface area contributed by atoms with Gasteiger partial charge in [0.25, 0.3) is 5.91 Å². The molecule has 1 amide bonds. The van der Waals surface area contributed by atoms with Crippen molar-refractivity contribution in [1.29, 1.82) is 0 Å². The standard InChI is InChI=1S/C24H25BrN4O6/c1-31-19-12-15(13-20(32-2)21(19)33-3)27-24-26-14-17(25)22(28-24)35-18-7-5-4-6-16(18)23(30)29-8-10-34-11-9-29/h4-7,12-14H,8-11H2,1-3H3,(H,26,27,28). The Kier molecular flexibility index (Phi) is 7.88. The molecule has 10 nitrogen and oxygen atoms in total. The number of benzene rings is 2. The Morgan fingerprint density at radius 3 is 2.37 bits per heavy atom. The molecular formula is C24H25BrN4O6. The van der Waals surface area contributed by atoms with Gasteiger partial charge in [-0.1, -0.05) is 12.1 Å². The molecule has 0 bridgehead atoms. The van der Waals surface area contributed by atoms with E-state index in [0.29, 0.717) is 65.0 Å². The molecule has 1 N–H and O–H groups in total. The number of anilines is 2. The van der Waals surface area contributed by atoms with E-state index in [1.165, 1.54) is 7.11 Å². The number of hydrogen-bond donors (Lipinski definition) is 1. The number of halogens is 1. The van der Waals surface area contributed by atoms with Gasteiger partial charge in [-0.15, -0.1) is 0 Å². The largest absolute Gasteiger partial charge is 0.493 e. The zero-order chi connectivity index (χ0) is 24.8. The zero-order valence-electron chi connectivity index (χ0n) is 19.5. The highest BCUT2D eigenvalue weighted by molar-refractivity contribution is 9.10. The molecule has 35 heavy (non-hydrogen) atoms. The number of nitrogens with zero attached hydrogens (tertiary/aromatic N) is 3. The van der Waals surface area contributed by atoms with Crippen LogP contribution in [0.5, 0.6) is 28.9 Å². The van der Waals surface area contributed by atoms with Crippen molar-refractivity contribution in [1.82, 2.24) is 14.9 Å². The van der Waals surface area contributed by atoms with Gasteiger partial charge in [0.15, 0.2) is 11.5 Å². The van der Waals surface area contributed by atoms with Crippen molar-refractivity contribution in [2.45, 2.75) is 0 Å². The molecule has 0 atom stereocenters. The van der Waals surface area contributed by atoms with Crippen LogP contribution in [-0.2, 0) is 4.74 Å². The molecule has 0 radical (unpaired) electrons. The van der Waals surface area contributed by atoms with Crippen LogP contribution in [-0.4, -0.2) is 68.4 Å². The van der Waals surface area contributed by atoms with Crippen LogP contribution in [0.2, 0.25) is 0 Å². The van der Waals surface area contributed by atoms with Crippen molar-refractivity contribution in [3.8, 4) is 28.9 Å². The van der Waals surface area contributed by atoms with Crippen LogP contribution in [0.25, 0.3) is 0 Å². The first-order chi connectivity index (χ1) is 17.0. The van der Waals surface area contributed by atoms with Gasteiger partial charge in [0, 0.05) is 30.9 Å². The fourth-order valence-electron chi connectivity index (χ4n) is 3.54. The van der Waals surface area contributed by atoms with E-state index in [1.807, 2.05) is 0 Å². The first-order valence-electron chi connectivity index (χ1n) is 10.8. The monoisotopic (exact) mass is 544 g/mol. The predicted octanol–water partition coefficient (Wildman–Crippen LogP) is 4.27. The lowest BCUT2D eigenvalue weighted by Gasteiger charge is -2.27. The summed E-state index contributed by atoms with van der Waals surface area (Å²) >= 11 is 3.43. The van der Waals surface area contributed by atoms with Gasteiger partial charge in [-0.3, -0.25) is 4.79 Å². The van der Waals surface area contributed by atoms with Crippen LogP contribution in [0, 0.1) is 0 Å². The third-order valence-corrected chi connectivity index (χ3v) is 5.80. The third kappa shape index (κ3) is 5.57. The van der Waals surface area contributed by atoms with Crippen molar-refractivity contribution in [3.05, 3.63) is 52.6 Å². The maximum Gasteiger partial charge on any atom is 0.257 e. The number of carbonyl (C=O) groups is 1. The average molecular weight is 545 g/mol. The number of morpholine rings is 1. The number of para-hydroxylation sites is 1. The first-order valence-corrected chi connectivity index (χ1v) is 11.6. The van der Waals surface area contributed by atoms with Crippen molar-refractivity contribution >= 4 is 33.5 Å². The van der Waals surface area contributed by atoms with Crippen molar-refractivity contribution in [2.75, 3.05) is 52.9 Å². The van der Waals surface area contributed by atoms with Gasteiger partial charge >= 0.3 is 0 Å². The van der Waals surface area contributed by atoms with Gasteiger partial charge in [0.05, 0.1) is 50.8 Å². The number of carbonyl (C=O) groups excluding carboxylic acids is 1. The topological polar surface area (TPSA) is 104 Å². The van der Waals surface area contributed by atoms with Gasteiger partial charge in [-0.25, -0.2) is 4.98 Å². The van der Waals surface area contributed by atoms with E-state index in [1.54, 1.807) is 61.7 Å². The molecule has 1 aliphatic heterocycles. The molecule has 11 heteroatoms. The summed E-state index contributed by atoms with van der Waals surface area (Å²) in [6.45, 7) is 2.10. The molecule has 1 aromatic heterocycles. The Morgan fingerprint density at radius 2 is 1.71 bits per heavy atom. The van der Waals surface area contributed by atoms with Crippen LogP contribution >= 0.6 is 15.9 Å². The SMILES string of the molecule is COc1cc(Nc2ncc(Br)c(Oc3ccccc3C(=O)N3CCOCC3)n2)cc(OC)c1OC. The maximum absolute atomic E-state index is 13.1. The second-order valence-electron chi connectivity index (χ2n) is 7.39. The van der Waals surface area contributed by atoms with Crippen molar-refractivity contribution in [3.63, 3.8) is 0 Å². The number of methoxy groups -OCH3 is 3. The summed E-state index contributed by atoms with van der Waals surface area (Å²) in [5.74, 6) is 2.23. The summed E-state index contributed by atoms with van der Waals surface area (Å²) in [7, 11) is 4.62. The van der Waals surface area contributed by atoms with Gasteiger partial charge in [0.2, 0.25) is 17.6 Å². The Labute approximate surface area is 211 Å². The van der Waals surface area contributed by atoms with Gasteiger partial charge < -0.3 is 33.9 Å². The second-order valence-corrected chi connectivity index (χ2v) is 8.24. The zero-order valence-corrected chi connectivity index (χ0v) is 21.1. The molecule has 2 heterocycles. The van der Waals surface area contributed by atoms with Crippen molar-refractivity contribution in [2.24, 2.45) is 0 Å². The molecule has 0 spiro atoms. The summed E-state index contributed by atoms with van der Waals surface area (Å²) in [6, 6.07) is 10.5. The van der Waals surface area contributed by atoms with Crippen LogP contribution in [0.4, 0.5) is 11.6 Å². The predicted molar refractivity (Wildman–Crippen MR) is 132 cm³/mol. The van der Waals surface area contributed by atoms with Crippen LogP contribution in [0.1, 0.15) is 10.4 Å². The molecule has 1 saturated heterocycles. The van der Waals surface area contributed by atoms with Gasteiger partial charge in [-0.05, 0) is 28.1 Å². The summed E-state index contributed by atoms with van der Waals surface area (Å²) in [6.07, 6.45) is 1.56. The van der Waals surface area contributed by atoms with Crippen molar-refractivity contribution < 1.29 is 28.5 Å². The van der Waals surface area contributed by atoms with E-state index in [-0.39, 0.29) is 17.7 Å². The number of rotatable bonds is 8. The smallest absolute Gasteiger partial charge is 0.257 e. The van der Waals surface area contributed by atoms with Crippen LogP contribution in [0.15, 0.2) is 47.1 Å². The van der Waals surface area contributed by atoms with E-state index >= 15 is 0 Å². The van der Waals surface area contributed by atoms with E-state index in [2.05, 4.69) is 31.2 Å². The van der Waals surface area contributed by atoms with E-state index < -0.39 is 0 Å². The lowest BCUT2D eigenvalue weighted by Crippen LogP contribution is -2.40. The molecule has 1 aliphatic rings. The third-order valence-electron chi connectivity index (χ3n) is 5.26. The summed E-state index contributed by atoms with van der Waals surface area (Å²) in [5, 5.41) is 3.12. The molecular weight excluding hydrogens is 520 g/mol. The number of hydrogen-bond acceptors (Lipinski definition) is 9. The Morgan fingerprint density at radius 1 is 1.03 bits per heavy atom. The normalized spacial score (nSPS) is 13.2. The molecule has 0 aliphatic carbocycles. The van der Waals surface area contributed by atoms with E-state index in [0.717, 1.165) is 0 Å². The van der Waals surface area contributed by atoms with Gasteiger partial charge in [-0.2, -0.15) is 4.98 Å². The Hall–Kier alpha value is -3.57. The Balaban J connectivity index is 1.59. The number of amides is 1. The fraction of sp³-hybridized carbons (Fsp3) is 0.292. The molecule has 1 fully saturated rings. The molecule has 3 aromatic rings. The minimum atomic E-state index is -0.121. The minimum absolute atomic E-state index is 0.121. The molecule has 0 unspecified atom stereocenters. The summed E-state index contributed by atoms with van der Waals surface area (Å²) in [4.78, 5) is 23.6. The molecule has 184 valence electrons. The van der Waals surface area contributed by atoms with Crippen LogP contribution in [0.3, 0.4) is 0 Å². The highest BCUT2D eigenvalue weighted by Crippen LogP contribution is 2.40. The number of nitrogens with one attached hydrogen (secondary N) is 1. The number of ether oxygens (including phenoxy) is 5. The molecule has 0 saturated carbocycles. The fourth-order valence-corrected chi connectivity index (χ4v) is 3.81. The first kappa shape index (κ1) is 24.6. The summed E-state index contributed by atoms with van der Waals surface area (Å²) < 4.78 is 28.1. The number of aromatic nitrogens is 2. The second kappa shape index (κ2) is 11.2. The van der Waals surface area contributed by atoms with E-state index in [9.17, 15) is 4.79 Å². The minimum Gasteiger partial charge on any atom is -0.493 e. The maximum atomic E-state index is 13.1. The van der Waals surface area contributed by atoms with E-state index in [4.69, 9.17) is 23.7 Å². The summed E-state index contributed by atoms with van der Waals surface area (Å²) in [5.41, 5.74) is 1.06. The quantitative estimate of drug-likeness (QED) is 0.444. The molecule has 4 rings (SSSR count). The van der Waals surface area contributed by atoms with Gasteiger partial charge in [0.1, 0.15) is 5.75 Å². The lowest BCUT2D eigenvalue weighted by atomic mass is 10.1.